The Hall–Kier alpha value is -0.240. The monoisotopic (exact) mass is 147 g/mol. The SMILES string of the molecule is CC1(C)CN(CCl)C1=O. The van der Waals surface area contributed by atoms with Crippen molar-refractivity contribution in [2.75, 3.05) is 12.5 Å². The quantitative estimate of drug-likeness (QED) is 0.309. The molecule has 2 nitrogen and oxygen atoms in total. The van der Waals surface area contributed by atoms with E-state index in [4.69, 9.17) is 11.6 Å². The number of carbonyl (C=O) groups excluding carboxylic acids is 1. The molecule has 0 saturated carbocycles. The lowest BCUT2D eigenvalue weighted by Gasteiger charge is -2.43. The molecule has 1 amide bonds. The molecule has 0 unspecified atom stereocenters. The van der Waals surface area contributed by atoms with E-state index in [1.54, 1.807) is 4.90 Å². The standard InChI is InChI=1S/C6H10ClNO/c1-6(2)3-8(4-7)5(6)9/h3-4H2,1-2H3. The van der Waals surface area contributed by atoms with Gasteiger partial charge in [-0.3, -0.25) is 4.79 Å². The third kappa shape index (κ3) is 0.917. The van der Waals surface area contributed by atoms with Crippen molar-refractivity contribution in [2.24, 2.45) is 5.41 Å². The summed E-state index contributed by atoms with van der Waals surface area (Å²) in [7, 11) is 0. The summed E-state index contributed by atoms with van der Waals surface area (Å²) in [6.07, 6.45) is 0. The molecule has 1 aliphatic heterocycles. The minimum atomic E-state index is -0.144. The van der Waals surface area contributed by atoms with Crippen molar-refractivity contribution < 1.29 is 4.79 Å². The van der Waals surface area contributed by atoms with E-state index >= 15 is 0 Å². The lowest BCUT2D eigenvalue weighted by molar-refractivity contribution is -0.154. The van der Waals surface area contributed by atoms with E-state index in [2.05, 4.69) is 0 Å². The van der Waals surface area contributed by atoms with E-state index in [1.807, 2.05) is 13.8 Å². The molecule has 0 atom stereocenters. The minimum absolute atomic E-state index is 0.144. The normalized spacial score (nSPS) is 23.9. The summed E-state index contributed by atoms with van der Waals surface area (Å²) in [5, 5.41) is 0. The van der Waals surface area contributed by atoms with Crippen molar-refractivity contribution in [2.45, 2.75) is 13.8 Å². The van der Waals surface area contributed by atoms with Gasteiger partial charge >= 0.3 is 0 Å². The summed E-state index contributed by atoms with van der Waals surface area (Å²) in [4.78, 5) is 12.6. The van der Waals surface area contributed by atoms with E-state index < -0.39 is 0 Å². The van der Waals surface area contributed by atoms with Crippen LogP contribution in [-0.4, -0.2) is 23.4 Å². The smallest absolute Gasteiger partial charge is 0.231 e. The average molecular weight is 148 g/mol. The summed E-state index contributed by atoms with van der Waals surface area (Å²) in [6.45, 7) is 4.66. The maximum atomic E-state index is 11.0. The Morgan fingerprint density at radius 2 is 2.33 bits per heavy atom. The number of amides is 1. The number of hydrogen-bond donors (Lipinski definition) is 0. The van der Waals surface area contributed by atoms with Gasteiger partial charge in [-0.15, -0.1) is 11.6 Å². The second-order valence-electron chi connectivity index (χ2n) is 3.01. The molecular formula is C6H10ClNO. The fraction of sp³-hybridized carbons (Fsp3) is 0.833. The molecule has 0 radical (unpaired) electrons. The fourth-order valence-electron chi connectivity index (χ4n) is 1.05. The highest BCUT2D eigenvalue weighted by Gasteiger charge is 2.43. The topological polar surface area (TPSA) is 20.3 Å². The Kier molecular flexibility index (Phi) is 1.43. The minimum Gasteiger partial charge on any atom is -0.327 e. The van der Waals surface area contributed by atoms with Gasteiger partial charge in [-0.25, -0.2) is 0 Å². The summed E-state index contributed by atoms with van der Waals surface area (Å²) in [6, 6.07) is 0.336. The molecule has 0 aromatic carbocycles. The van der Waals surface area contributed by atoms with E-state index in [0.29, 0.717) is 6.00 Å². The van der Waals surface area contributed by atoms with Crippen LogP contribution in [0.25, 0.3) is 0 Å². The molecule has 0 bridgehead atoms. The second-order valence-corrected chi connectivity index (χ2v) is 3.25. The molecule has 0 aromatic rings. The van der Waals surface area contributed by atoms with Crippen LogP contribution in [0.5, 0.6) is 0 Å². The maximum absolute atomic E-state index is 11.0. The van der Waals surface area contributed by atoms with Gasteiger partial charge in [-0.1, -0.05) is 0 Å². The third-order valence-electron chi connectivity index (χ3n) is 1.60. The highest BCUT2D eigenvalue weighted by molar-refractivity contribution is 6.19. The fourth-order valence-corrected chi connectivity index (χ4v) is 1.24. The van der Waals surface area contributed by atoms with E-state index in [0.717, 1.165) is 6.54 Å². The molecule has 1 fully saturated rings. The molecule has 1 aliphatic rings. The molecule has 3 heteroatoms. The van der Waals surface area contributed by atoms with Gasteiger partial charge in [0, 0.05) is 6.54 Å². The second kappa shape index (κ2) is 1.87. The maximum Gasteiger partial charge on any atom is 0.231 e. The van der Waals surface area contributed by atoms with Crippen LogP contribution in [0.3, 0.4) is 0 Å². The molecule has 0 aromatic heterocycles. The number of nitrogens with zero attached hydrogens (tertiary/aromatic N) is 1. The molecule has 1 saturated heterocycles. The van der Waals surface area contributed by atoms with Crippen molar-refractivity contribution in [3.05, 3.63) is 0 Å². The van der Waals surface area contributed by atoms with Crippen molar-refractivity contribution in [3.63, 3.8) is 0 Å². The van der Waals surface area contributed by atoms with Gasteiger partial charge in [0.2, 0.25) is 5.91 Å². The molecule has 9 heavy (non-hydrogen) atoms. The number of likely N-dealkylation sites (tertiary alicyclic amines) is 1. The van der Waals surface area contributed by atoms with Crippen LogP contribution in [0.4, 0.5) is 0 Å². The lowest BCUT2D eigenvalue weighted by Crippen LogP contribution is -2.57. The van der Waals surface area contributed by atoms with Gasteiger partial charge in [-0.2, -0.15) is 0 Å². The lowest BCUT2D eigenvalue weighted by atomic mass is 9.84. The largest absolute Gasteiger partial charge is 0.327 e. The van der Waals surface area contributed by atoms with Crippen molar-refractivity contribution >= 4 is 17.5 Å². The highest BCUT2D eigenvalue weighted by Crippen LogP contribution is 2.30. The van der Waals surface area contributed by atoms with E-state index in [1.165, 1.54) is 0 Å². The van der Waals surface area contributed by atoms with Gasteiger partial charge in [0.15, 0.2) is 0 Å². The van der Waals surface area contributed by atoms with Crippen molar-refractivity contribution in [1.29, 1.82) is 0 Å². The number of carbonyl (C=O) groups is 1. The van der Waals surface area contributed by atoms with E-state index in [9.17, 15) is 4.79 Å². The van der Waals surface area contributed by atoms with Crippen LogP contribution < -0.4 is 0 Å². The van der Waals surface area contributed by atoms with E-state index in [-0.39, 0.29) is 11.3 Å². The average Bonchev–Trinajstić information content (AvgIpc) is 1.82. The molecule has 0 aliphatic carbocycles. The molecule has 52 valence electrons. The van der Waals surface area contributed by atoms with Gasteiger partial charge in [0.05, 0.1) is 11.4 Å². The zero-order valence-electron chi connectivity index (χ0n) is 5.65. The Labute approximate surface area is 59.8 Å². The predicted molar refractivity (Wildman–Crippen MR) is 36.2 cm³/mol. The molecule has 1 rings (SSSR count). The number of β-lactam (4-membered cyclic amide) rings is 1. The van der Waals surface area contributed by atoms with Gasteiger partial charge in [0.1, 0.15) is 0 Å². The van der Waals surface area contributed by atoms with Crippen LogP contribution in [0.15, 0.2) is 0 Å². The van der Waals surface area contributed by atoms with Crippen LogP contribution >= 0.6 is 11.6 Å². The number of alkyl halides is 1. The third-order valence-corrected chi connectivity index (χ3v) is 1.89. The van der Waals surface area contributed by atoms with Crippen molar-refractivity contribution in [1.82, 2.24) is 4.90 Å². The van der Waals surface area contributed by atoms with Crippen LogP contribution in [0.1, 0.15) is 13.8 Å². The summed E-state index contributed by atoms with van der Waals surface area (Å²) >= 11 is 5.43. The summed E-state index contributed by atoms with van der Waals surface area (Å²) in [5.41, 5.74) is -0.144. The molecule has 1 heterocycles. The number of rotatable bonds is 1. The first-order valence-corrected chi connectivity index (χ1v) is 3.47. The number of halogens is 1. The Morgan fingerprint density at radius 3 is 2.44 bits per heavy atom. The van der Waals surface area contributed by atoms with Crippen LogP contribution in [0.2, 0.25) is 0 Å². The van der Waals surface area contributed by atoms with Gasteiger partial charge in [0.25, 0.3) is 0 Å². The Morgan fingerprint density at radius 1 is 1.78 bits per heavy atom. The first-order valence-electron chi connectivity index (χ1n) is 2.93. The zero-order chi connectivity index (χ0) is 7.07. The zero-order valence-corrected chi connectivity index (χ0v) is 6.40. The first-order chi connectivity index (χ1) is 4.08. The first kappa shape index (κ1) is 6.87. The highest BCUT2D eigenvalue weighted by atomic mass is 35.5. The van der Waals surface area contributed by atoms with Crippen LogP contribution in [0, 0.1) is 5.41 Å². The van der Waals surface area contributed by atoms with Gasteiger partial charge < -0.3 is 4.90 Å². The molecule has 0 N–H and O–H groups in total. The molecular weight excluding hydrogens is 138 g/mol. The predicted octanol–water partition coefficient (Wildman–Crippen LogP) is 1.05. The summed E-state index contributed by atoms with van der Waals surface area (Å²) < 4.78 is 0. The molecule has 0 spiro atoms. The van der Waals surface area contributed by atoms with Crippen LogP contribution in [-0.2, 0) is 4.79 Å². The van der Waals surface area contributed by atoms with Crippen molar-refractivity contribution in [3.8, 4) is 0 Å². The Balaban J connectivity index is 2.52. The Bertz CT molecular complexity index is 144. The number of hydrogen-bond acceptors (Lipinski definition) is 1. The summed E-state index contributed by atoms with van der Waals surface area (Å²) in [5.74, 6) is 0.164. The van der Waals surface area contributed by atoms with Gasteiger partial charge in [-0.05, 0) is 13.8 Å².